The highest BCUT2D eigenvalue weighted by Gasteiger charge is 2.22. The number of amides is 4. The van der Waals surface area contributed by atoms with E-state index in [9.17, 15) is 19.2 Å². The van der Waals surface area contributed by atoms with Crippen LogP contribution >= 0.6 is 0 Å². The highest BCUT2D eigenvalue weighted by Crippen LogP contribution is 2.33. The first-order chi connectivity index (χ1) is 28.1. The lowest BCUT2D eigenvalue weighted by Gasteiger charge is -2.13. The Balaban J connectivity index is 0.857. The van der Waals surface area contributed by atoms with Crippen molar-refractivity contribution in [2.45, 2.75) is 65.3 Å². The Hall–Kier alpha value is -6.77. The molecule has 0 aliphatic carbocycles. The number of ether oxygens (including phenoxy) is 1. The van der Waals surface area contributed by atoms with Gasteiger partial charge in [0.2, 0.25) is 11.8 Å². The van der Waals surface area contributed by atoms with Gasteiger partial charge in [0.1, 0.15) is 11.6 Å². The number of H-pyrrole nitrogens is 1. The summed E-state index contributed by atoms with van der Waals surface area (Å²) in [6, 6.07) is 18.1. The molecule has 4 heterocycles. The van der Waals surface area contributed by atoms with Gasteiger partial charge in [-0.2, -0.15) is 15.3 Å². The summed E-state index contributed by atoms with van der Waals surface area (Å²) in [6.45, 7) is 5.40. The van der Waals surface area contributed by atoms with Crippen LogP contribution in [0, 0.1) is 12.7 Å². The highest BCUT2D eigenvalue weighted by atomic mass is 19.1. The first-order valence-corrected chi connectivity index (χ1v) is 19.3. The lowest BCUT2D eigenvalue weighted by Crippen LogP contribution is -2.30. The van der Waals surface area contributed by atoms with Crippen molar-refractivity contribution in [3.63, 3.8) is 0 Å². The van der Waals surface area contributed by atoms with Gasteiger partial charge in [-0.25, -0.2) is 9.82 Å². The molecule has 1 aliphatic rings. The number of halogens is 1. The number of nitrogens with one attached hydrogen (secondary N) is 3. The molecule has 2 aromatic carbocycles. The minimum atomic E-state index is -0.385. The van der Waals surface area contributed by atoms with Gasteiger partial charge in [0.25, 0.3) is 11.8 Å². The third kappa shape index (κ3) is 11.2. The van der Waals surface area contributed by atoms with Crippen LogP contribution in [0.2, 0.25) is 0 Å². The molecule has 0 saturated heterocycles. The van der Waals surface area contributed by atoms with Gasteiger partial charge < -0.3 is 10.1 Å². The monoisotopic (exact) mass is 787 g/mol. The summed E-state index contributed by atoms with van der Waals surface area (Å²) in [5, 5.41) is 18.6. The number of aryl methyl sites for hydroxylation is 1. The van der Waals surface area contributed by atoms with Crippen LogP contribution in [0.5, 0.6) is 5.75 Å². The lowest BCUT2D eigenvalue weighted by molar-refractivity contribution is -0.137. The molecule has 0 fully saturated rings. The van der Waals surface area contributed by atoms with E-state index in [1.807, 2.05) is 49.4 Å². The zero-order chi connectivity index (χ0) is 40.9. The molecule has 5 aromatic rings. The normalized spacial score (nSPS) is 12.7. The molecule has 0 radical (unpaired) electrons. The Morgan fingerprint density at radius 3 is 2.43 bits per heavy atom. The molecule has 3 N–H and O–H groups in total. The Kier molecular flexibility index (Phi) is 14.0. The minimum absolute atomic E-state index is 0.137. The number of hydrogen-bond acceptors (Lipinski definition) is 9. The molecule has 3 aromatic heterocycles. The van der Waals surface area contributed by atoms with Gasteiger partial charge in [0.05, 0.1) is 42.6 Å². The number of unbranched alkanes of at least 4 members (excludes halogenated alkanes) is 3. The fourth-order valence-electron chi connectivity index (χ4n) is 6.36. The molecular formula is C43H46FN9O5. The quantitative estimate of drug-likeness (QED) is 0.0365. The van der Waals surface area contributed by atoms with Crippen LogP contribution in [0.4, 0.5) is 4.39 Å². The maximum Gasteiger partial charge on any atom is 0.253 e. The van der Waals surface area contributed by atoms with Gasteiger partial charge in [-0.05, 0) is 92.8 Å². The smallest absolute Gasteiger partial charge is 0.253 e. The largest absolute Gasteiger partial charge is 0.494 e. The molecule has 0 atom stereocenters. The number of aromatic amines is 1. The van der Waals surface area contributed by atoms with Crippen molar-refractivity contribution < 1.29 is 28.3 Å². The summed E-state index contributed by atoms with van der Waals surface area (Å²) in [7, 11) is 0. The predicted molar refractivity (Wildman–Crippen MR) is 217 cm³/mol. The molecule has 300 valence electrons. The van der Waals surface area contributed by atoms with Crippen molar-refractivity contribution in [2.24, 2.45) is 5.10 Å². The number of aromatic nitrogens is 5. The molecule has 58 heavy (non-hydrogen) atoms. The third-order valence-electron chi connectivity index (χ3n) is 9.54. The zero-order valence-corrected chi connectivity index (χ0v) is 32.5. The van der Waals surface area contributed by atoms with E-state index < -0.39 is 0 Å². The Labute approximate surface area is 335 Å². The molecule has 0 unspecified atom stereocenters. The fourth-order valence-corrected chi connectivity index (χ4v) is 6.36. The summed E-state index contributed by atoms with van der Waals surface area (Å²) < 4.78 is 22.5. The zero-order valence-electron chi connectivity index (χ0n) is 32.5. The van der Waals surface area contributed by atoms with Gasteiger partial charge in [0.15, 0.2) is 0 Å². The minimum Gasteiger partial charge on any atom is -0.494 e. The van der Waals surface area contributed by atoms with Crippen molar-refractivity contribution in [1.29, 1.82) is 0 Å². The lowest BCUT2D eigenvalue weighted by atomic mass is 9.99. The number of rotatable bonds is 20. The number of carbonyl (C=O) groups is 4. The molecule has 0 spiro atoms. The van der Waals surface area contributed by atoms with Crippen LogP contribution in [0.15, 0.2) is 96.5 Å². The standard InChI is InChI=1S/C43H46FN9O5/c1-29-9-7-10-38(48-29)43-36(27-46-51-43)32-15-18-37(44)35(25-32)33-26-47-52(28-33)23-21-45-39(54)11-8-12-40(55)50-49-30(2)31-13-16-34(17-14-31)58-24-6-4-3-5-22-53-41(56)19-20-42(53)57/h7,9-10,13-20,25-28H,3-6,8,11-12,21-24H2,1-2H3,(H,45,54)(H,46,51)(H,50,55)/b49-30+. The first kappa shape index (κ1) is 40.9. The predicted octanol–water partition coefficient (Wildman–Crippen LogP) is 6.14. The van der Waals surface area contributed by atoms with E-state index >= 15 is 4.39 Å². The molecule has 6 rings (SSSR count). The summed E-state index contributed by atoms with van der Waals surface area (Å²) >= 11 is 0. The number of hydrogen-bond donors (Lipinski definition) is 3. The highest BCUT2D eigenvalue weighted by molar-refractivity contribution is 6.12. The maximum absolute atomic E-state index is 15.0. The number of hydrazone groups is 1. The molecule has 15 heteroatoms. The number of nitrogens with zero attached hydrogens (tertiary/aromatic N) is 6. The second-order valence-corrected chi connectivity index (χ2v) is 13.9. The van der Waals surface area contributed by atoms with Crippen LogP contribution < -0.4 is 15.5 Å². The van der Waals surface area contributed by atoms with Crippen molar-refractivity contribution in [3.05, 3.63) is 108 Å². The van der Waals surface area contributed by atoms with E-state index in [1.54, 1.807) is 42.3 Å². The Bertz CT molecular complexity index is 2280. The van der Waals surface area contributed by atoms with Crippen molar-refractivity contribution >= 4 is 29.3 Å². The number of benzene rings is 2. The number of carbonyl (C=O) groups excluding carboxylic acids is 4. The number of pyridine rings is 1. The van der Waals surface area contributed by atoms with E-state index in [1.165, 1.54) is 23.1 Å². The van der Waals surface area contributed by atoms with E-state index in [2.05, 4.69) is 36.1 Å². The van der Waals surface area contributed by atoms with Crippen LogP contribution in [0.3, 0.4) is 0 Å². The second-order valence-electron chi connectivity index (χ2n) is 13.9. The molecular weight excluding hydrogens is 742 g/mol. The van der Waals surface area contributed by atoms with Gasteiger partial charge in [-0.3, -0.25) is 38.8 Å². The first-order valence-electron chi connectivity index (χ1n) is 19.3. The molecule has 1 aliphatic heterocycles. The fraction of sp³-hybridized carbons (Fsp3) is 0.302. The summed E-state index contributed by atoms with van der Waals surface area (Å²) in [6.07, 6.45) is 11.7. The van der Waals surface area contributed by atoms with E-state index in [-0.39, 0.29) is 42.3 Å². The summed E-state index contributed by atoms with van der Waals surface area (Å²) in [5.74, 6) is -0.632. The van der Waals surface area contributed by atoms with Crippen LogP contribution in [0.25, 0.3) is 33.6 Å². The van der Waals surface area contributed by atoms with Crippen molar-refractivity contribution in [2.75, 3.05) is 19.7 Å². The average molecular weight is 788 g/mol. The third-order valence-corrected chi connectivity index (χ3v) is 9.54. The van der Waals surface area contributed by atoms with Gasteiger partial charge in [0, 0.05) is 66.7 Å². The Morgan fingerprint density at radius 2 is 1.64 bits per heavy atom. The molecule has 14 nitrogen and oxygen atoms in total. The molecule has 4 amide bonds. The van der Waals surface area contributed by atoms with Crippen molar-refractivity contribution in [3.8, 4) is 39.4 Å². The molecule has 0 saturated carbocycles. The Morgan fingerprint density at radius 1 is 0.862 bits per heavy atom. The SMILES string of the molecule is C/C(=N\NC(=O)CCCC(=O)NCCn1cc(-c2cc(-c3cn[nH]c3-c3cccc(C)n3)ccc2F)cn1)c1ccc(OCCCCCCN2C(=O)C=CC2=O)cc1. The van der Waals surface area contributed by atoms with E-state index in [4.69, 9.17) is 4.74 Å². The van der Waals surface area contributed by atoms with Crippen molar-refractivity contribution in [1.82, 2.24) is 40.6 Å². The van der Waals surface area contributed by atoms with Crippen LogP contribution in [0.1, 0.15) is 63.1 Å². The topological polar surface area (TPSA) is 177 Å². The summed E-state index contributed by atoms with van der Waals surface area (Å²) in [5.41, 5.74) is 8.94. The average Bonchev–Trinajstić information content (AvgIpc) is 3.98. The van der Waals surface area contributed by atoms with E-state index in [0.29, 0.717) is 49.5 Å². The van der Waals surface area contributed by atoms with Gasteiger partial charge >= 0.3 is 0 Å². The van der Waals surface area contributed by atoms with Crippen LogP contribution in [-0.4, -0.2) is 78.9 Å². The number of imide groups is 1. The molecule has 0 bridgehead atoms. The van der Waals surface area contributed by atoms with Gasteiger partial charge in [-0.1, -0.05) is 25.0 Å². The maximum atomic E-state index is 15.0. The van der Waals surface area contributed by atoms with Crippen LogP contribution in [-0.2, 0) is 25.7 Å². The second kappa shape index (κ2) is 19.9. The van der Waals surface area contributed by atoms with Gasteiger partial charge in [-0.15, -0.1) is 0 Å². The van der Waals surface area contributed by atoms with E-state index in [0.717, 1.165) is 65.2 Å². The summed E-state index contributed by atoms with van der Waals surface area (Å²) in [4.78, 5) is 53.9.